The molecule has 1 unspecified atom stereocenters. The number of hydrogen-bond donors (Lipinski definition) is 2. The maximum absolute atomic E-state index is 13.3. The Hall–Kier alpha value is -2.64. The molecule has 2 amide bonds. The topological polar surface area (TPSA) is 67.4 Å². The lowest BCUT2D eigenvalue weighted by atomic mass is 10.0. The summed E-state index contributed by atoms with van der Waals surface area (Å²) in [5, 5.41) is 7.83. The molecule has 0 fully saturated rings. The van der Waals surface area contributed by atoms with Gasteiger partial charge in [0, 0.05) is 22.0 Å². The van der Waals surface area contributed by atoms with Crippen LogP contribution in [0.3, 0.4) is 0 Å². The first kappa shape index (κ1) is 25.0. The van der Waals surface area contributed by atoms with Crippen molar-refractivity contribution in [3.05, 3.63) is 80.5 Å². The maximum Gasteiger partial charge on any atom is 0.407 e. The van der Waals surface area contributed by atoms with Crippen LogP contribution in [0.25, 0.3) is 11.1 Å². The van der Waals surface area contributed by atoms with Crippen LogP contribution in [0.4, 0.5) is 4.79 Å². The lowest BCUT2D eigenvalue weighted by Gasteiger charge is -2.23. The van der Waals surface area contributed by atoms with E-state index in [1.807, 2.05) is 87.7 Å². The summed E-state index contributed by atoms with van der Waals surface area (Å²) in [5.41, 5.74) is 3.49. The van der Waals surface area contributed by atoms with Crippen LogP contribution in [0.5, 0.6) is 0 Å². The van der Waals surface area contributed by atoms with Gasteiger partial charge < -0.3 is 15.4 Å². The van der Waals surface area contributed by atoms with Crippen LogP contribution < -0.4 is 10.6 Å². The molecule has 3 aromatic rings. The number of aryl methyl sites for hydroxylation is 1. The third-order valence-corrected chi connectivity index (χ3v) is 6.75. The summed E-state index contributed by atoms with van der Waals surface area (Å²) in [6.07, 6.45) is 0.0726. The molecule has 1 heterocycles. The highest BCUT2D eigenvalue weighted by Gasteiger charge is 2.23. The van der Waals surface area contributed by atoms with Crippen molar-refractivity contribution in [2.75, 3.05) is 6.54 Å². The zero-order valence-corrected chi connectivity index (χ0v) is 21.7. The molecule has 0 bridgehead atoms. The van der Waals surface area contributed by atoms with E-state index in [9.17, 15) is 9.59 Å². The lowest BCUT2D eigenvalue weighted by Crippen LogP contribution is -2.46. The Kier molecular flexibility index (Phi) is 8.32. The fourth-order valence-electron chi connectivity index (χ4n) is 3.34. The third-order valence-electron chi connectivity index (χ3n) is 4.84. The first-order chi connectivity index (χ1) is 15.6. The summed E-state index contributed by atoms with van der Waals surface area (Å²) in [6, 6.07) is 17.7. The van der Waals surface area contributed by atoms with E-state index in [4.69, 9.17) is 4.74 Å². The van der Waals surface area contributed by atoms with Crippen LogP contribution in [-0.4, -0.2) is 30.2 Å². The number of amides is 2. The van der Waals surface area contributed by atoms with Crippen molar-refractivity contribution in [2.24, 2.45) is 0 Å². The van der Waals surface area contributed by atoms with Crippen LogP contribution >= 0.6 is 27.3 Å². The van der Waals surface area contributed by atoms with Crippen molar-refractivity contribution < 1.29 is 14.3 Å². The predicted molar refractivity (Wildman–Crippen MR) is 138 cm³/mol. The van der Waals surface area contributed by atoms with Crippen molar-refractivity contribution in [3.63, 3.8) is 0 Å². The molecule has 7 heteroatoms. The number of nitrogens with one attached hydrogen (secondary N) is 2. The number of benzene rings is 2. The standard InChI is InChI=1S/C26H29BrN2O3S/c1-17-10-12-19(13-11-17)22-21(27)16-33-23(22)24(30)29-20(14-18-8-6-5-7-9-18)15-28-25(31)32-26(2,3)4/h5-13,16,20H,14-15H2,1-4H3,(H,28,31)(H,29,30). The van der Waals surface area contributed by atoms with E-state index in [1.54, 1.807) is 0 Å². The molecular formula is C26H29BrN2O3S. The average Bonchev–Trinajstić information content (AvgIpc) is 3.13. The molecule has 0 saturated carbocycles. The molecule has 1 aromatic heterocycles. The largest absolute Gasteiger partial charge is 0.444 e. The predicted octanol–water partition coefficient (Wildman–Crippen LogP) is 6.35. The third kappa shape index (κ3) is 7.44. The van der Waals surface area contributed by atoms with Crippen molar-refractivity contribution in [2.45, 2.75) is 45.8 Å². The number of alkyl carbamates (subject to hydrolysis) is 1. The molecule has 0 aliphatic carbocycles. The van der Waals surface area contributed by atoms with Gasteiger partial charge in [-0.15, -0.1) is 11.3 Å². The Balaban J connectivity index is 1.78. The van der Waals surface area contributed by atoms with Crippen molar-refractivity contribution in [3.8, 4) is 11.1 Å². The Morgan fingerprint density at radius 2 is 1.73 bits per heavy atom. The highest BCUT2D eigenvalue weighted by molar-refractivity contribution is 9.10. The van der Waals surface area contributed by atoms with Gasteiger partial charge in [0.25, 0.3) is 5.91 Å². The summed E-state index contributed by atoms with van der Waals surface area (Å²) in [4.78, 5) is 26.1. The van der Waals surface area contributed by atoms with Crippen LogP contribution in [0.1, 0.15) is 41.6 Å². The molecule has 0 aliphatic heterocycles. The minimum Gasteiger partial charge on any atom is -0.444 e. The van der Waals surface area contributed by atoms with Crippen LogP contribution in [0.15, 0.2) is 64.5 Å². The van der Waals surface area contributed by atoms with E-state index in [-0.39, 0.29) is 18.5 Å². The molecular weight excluding hydrogens is 500 g/mol. The molecule has 2 aromatic carbocycles. The van der Waals surface area contributed by atoms with E-state index in [1.165, 1.54) is 11.3 Å². The van der Waals surface area contributed by atoms with Gasteiger partial charge in [-0.3, -0.25) is 4.79 Å². The number of ether oxygens (including phenoxy) is 1. The van der Waals surface area contributed by atoms with Gasteiger partial charge in [0.15, 0.2) is 0 Å². The van der Waals surface area contributed by atoms with E-state index in [2.05, 4.69) is 26.6 Å². The summed E-state index contributed by atoms with van der Waals surface area (Å²) in [6.45, 7) is 7.74. The van der Waals surface area contributed by atoms with Crippen LogP contribution in [0, 0.1) is 6.92 Å². The van der Waals surface area contributed by atoms with Gasteiger partial charge in [-0.05, 0) is 61.2 Å². The zero-order valence-electron chi connectivity index (χ0n) is 19.3. The van der Waals surface area contributed by atoms with Crippen LogP contribution in [-0.2, 0) is 11.2 Å². The molecule has 174 valence electrons. The summed E-state index contributed by atoms with van der Waals surface area (Å²) >= 11 is 4.99. The second-order valence-electron chi connectivity index (χ2n) is 8.90. The Labute approximate surface area is 207 Å². The molecule has 0 spiro atoms. The zero-order chi connectivity index (χ0) is 24.0. The van der Waals surface area contributed by atoms with E-state index >= 15 is 0 Å². The van der Waals surface area contributed by atoms with E-state index in [0.29, 0.717) is 11.3 Å². The summed E-state index contributed by atoms with van der Waals surface area (Å²) < 4.78 is 6.23. The fraction of sp³-hybridized carbons (Fsp3) is 0.308. The second-order valence-corrected chi connectivity index (χ2v) is 10.6. The maximum atomic E-state index is 13.3. The SMILES string of the molecule is Cc1ccc(-c2c(Br)csc2C(=O)NC(CNC(=O)OC(C)(C)C)Cc2ccccc2)cc1. The molecule has 2 N–H and O–H groups in total. The fourth-order valence-corrected chi connectivity index (χ4v) is 5.03. The smallest absolute Gasteiger partial charge is 0.407 e. The normalized spacial score (nSPS) is 12.2. The summed E-state index contributed by atoms with van der Waals surface area (Å²) in [7, 11) is 0. The van der Waals surface area contributed by atoms with Crippen molar-refractivity contribution in [1.29, 1.82) is 0 Å². The number of thiophene rings is 1. The minimum absolute atomic E-state index is 0.173. The minimum atomic E-state index is -0.589. The Morgan fingerprint density at radius 3 is 2.36 bits per heavy atom. The van der Waals surface area contributed by atoms with Gasteiger partial charge in [0.2, 0.25) is 0 Å². The molecule has 5 nitrogen and oxygen atoms in total. The van der Waals surface area contributed by atoms with Crippen molar-refractivity contribution in [1.82, 2.24) is 10.6 Å². The summed E-state index contributed by atoms with van der Waals surface area (Å²) in [5.74, 6) is -0.173. The van der Waals surface area contributed by atoms with Gasteiger partial charge in [-0.2, -0.15) is 0 Å². The van der Waals surface area contributed by atoms with Gasteiger partial charge in [-0.25, -0.2) is 4.79 Å². The quantitative estimate of drug-likeness (QED) is 0.375. The number of carbonyl (C=O) groups is 2. The molecule has 33 heavy (non-hydrogen) atoms. The second kappa shape index (κ2) is 11.0. The van der Waals surface area contributed by atoms with Gasteiger partial charge in [0.1, 0.15) is 10.5 Å². The molecule has 1 atom stereocenters. The number of carbonyl (C=O) groups excluding carboxylic acids is 2. The number of rotatable bonds is 7. The van der Waals surface area contributed by atoms with Crippen LogP contribution in [0.2, 0.25) is 0 Å². The lowest BCUT2D eigenvalue weighted by molar-refractivity contribution is 0.0520. The highest BCUT2D eigenvalue weighted by Crippen LogP contribution is 2.36. The average molecular weight is 530 g/mol. The van der Waals surface area contributed by atoms with Crippen molar-refractivity contribution >= 4 is 39.3 Å². The Morgan fingerprint density at radius 1 is 1.06 bits per heavy atom. The first-order valence-electron chi connectivity index (χ1n) is 10.8. The Bertz CT molecular complexity index is 1090. The van der Waals surface area contributed by atoms with Gasteiger partial charge in [-0.1, -0.05) is 60.2 Å². The molecule has 3 rings (SSSR count). The van der Waals surface area contributed by atoms with E-state index in [0.717, 1.165) is 26.7 Å². The molecule has 0 aliphatic rings. The molecule has 0 saturated heterocycles. The first-order valence-corrected chi connectivity index (χ1v) is 12.5. The van der Waals surface area contributed by atoms with Gasteiger partial charge >= 0.3 is 6.09 Å². The monoisotopic (exact) mass is 528 g/mol. The number of halogens is 1. The highest BCUT2D eigenvalue weighted by atomic mass is 79.9. The van der Waals surface area contributed by atoms with Gasteiger partial charge in [0.05, 0.1) is 6.04 Å². The number of hydrogen-bond acceptors (Lipinski definition) is 4. The van der Waals surface area contributed by atoms with E-state index < -0.39 is 11.7 Å². The molecule has 0 radical (unpaired) electrons.